The second kappa shape index (κ2) is 6.34. The summed E-state index contributed by atoms with van der Waals surface area (Å²) in [6.45, 7) is 20.1. The van der Waals surface area contributed by atoms with Gasteiger partial charge in [0.15, 0.2) is 8.32 Å². The summed E-state index contributed by atoms with van der Waals surface area (Å²) in [6.07, 6.45) is 1.72. The molecule has 2 aliphatic rings. The van der Waals surface area contributed by atoms with Crippen molar-refractivity contribution in [2.75, 3.05) is 26.3 Å². The van der Waals surface area contributed by atoms with Gasteiger partial charge in [-0.3, -0.25) is 9.69 Å². The summed E-state index contributed by atoms with van der Waals surface area (Å²) in [5, 5.41) is 0.182. The van der Waals surface area contributed by atoms with Crippen LogP contribution in [0.5, 0.6) is 0 Å². The van der Waals surface area contributed by atoms with Crippen LogP contribution in [0, 0.1) is 5.92 Å². The normalized spacial score (nSPS) is 29.0. The van der Waals surface area contributed by atoms with Gasteiger partial charge >= 0.3 is 5.97 Å². The lowest BCUT2D eigenvalue weighted by Crippen LogP contribution is -2.53. The highest BCUT2D eigenvalue weighted by Crippen LogP contribution is 2.47. The Balaban J connectivity index is 2.18. The van der Waals surface area contributed by atoms with Gasteiger partial charge in [-0.25, -0.2) is 0 Å². The van der Waals surface area contributed by atoms with Gasteiger partial charge in [0.05, 0.1) is 6.61 Å². The molecule has 0 spiro atoms. The molecule has 2 fully saturated rings. The molecule has 0 N–H and O–H groups in total. The topological polar surface area (TPSA) is 38.8 Å². The smallest absolute Gasteiger partial charge is 0.327 e. The lowest BCUT2D eigenvalue weighted by molar-refractivity contribution is -0.157. The Labute approximate surface area is 142 Å². The third-order valence-electron chi connectivity index (χ3n) is 6.00. The van der Waals surface area contributed by atoms with Gasteiger partial charge in [0.2, 0.25) is 0 Å². The zero-order valence-electron chi connectivity index (χ0n) is 15.7. The summed E-state index contributed by atoms with van der Waals surface area (Å²) >= 11 is 0. The van der Waals surface area contributed by atoms with Gasteiger partial charge in [0.1, 0.15) is 5.54 Å². The molecule has 2 unspecified atom stereocenters. The Morgan fingerprint density at radius 2 is 2.09 bits per heavy atom. The molecule has 132 valence electrons. The molecule has 0 saturated carbocycles. The zero-order chi connectivity index (χ0) is 17.5. The fraction of sp³-hybridized carbons (Fsp3) is 0.833. The third-order valence-corrected chi connectivity index (χ3v) is 10.5. The predicted octanol–water partition coefficient (Wildman–Crippen LogP) is 3.59. The lowest BCUT2D eigenvalue weighted by atomic mass is 9.83. The number of esters is 1. The highest BCUT2D eigenvalue weighted by molar-refractivity contribution is 6.74. The second-order valence-corrected chi connectivity index (χ2v) is 13.4. The fourth-order valence-electron chi connectivity index (χ4n) is 3.56. The van der Waals surface area contributed by atoms with Crippen LogP contribution in [0.3, 0.4) is 0 Å². The minimum atomic E-state index is -1.81. The maximum absolute atomic E-state index is 12.8. The maximum Gasteiger partial charge on any atom is 0.327 e. The van der Waals surface area contributed by atoms with Crippen LogP contribution in [0.1, 0.15) is 40.5 Å². The molecular weight excluding hydrogens is 306 g/mol. The van der Waals surface area contributed by atoms with Crippen molar-refractivity contribution in [2.45, 2.75) is 64.2 Å². The van der Waals surface area contributed by atoms with E-state index in [2.05, 4.69) is 45.3 Å². The minimum Gasteiger partial charge on any atom is -0.465 e. The molecule has 2 aliphatic heterocycles. The van der Waals surface area contributed by atoms with Gasteiger partial charge in [-0.2, -0.15) is 0 Å². The van der Waals surface area contributed by atoms with Crippen LogP contribution in [0.15, 0.2) is 12.2 Å². The molecule has 0 amide bonds. The Morgan fingerprint density at radius 1 is 1.43 bits per heavy atom. The van der Waals surface area contributed by atoms with Crippen LogP contribution < -0.4 is 0 Å². The van der Waals surface area contributed by atoms with Gasteiger partial charge in [-0.05, 0) is 37.9 Å². The first-order valence-electron chi connectivity index (χ1n) is 8.77. The Morgan fingerprint density at radius 3 is 2.65 bits per heavy atom. The molecule has 2 rings (SSSR count). The van der Waals surface area contributed by atoms with Crippen LogP contribution >= 0.6 is 0 Å². The van der Waals surface area contributed by atoms with Crippen LogP contribution in [0.4, 0.5) is 0 Å². The number of hydrogen-bond acceptors (Lipinski definition) is 4. The van der Waals surface area contributed by atoms with Gasteiger partial charge in [0, 0.05) is 25.6 Å². The van der Waals surface area contributed by atoms with E-state index < -0.39 is 13.9 Å². The molecular formula is C18H33NO3Si. The summed E-state index contributed by atoms with van der Waals surface area (Å²) < 4.78 is 11.9. The van der Waals surface area contributed by atoms with E-state index in [1.54, 1.807) is 0 Å². The quantitative estimate of drug-likeness (QED) is 0.436. The van der Waals surface area contributed by atoms with Crippen LogP contribution in [0.2, 0.25) is 18.1 Å². The fourth-order valence-corrected chi connectivity index (χ4v) is 4.61. The summed E-state index contributed by atoms with van der Waals surface area (Å²) in [4.78, 5) is 15.0. The molecule has 5 heteroatoms. The monoisotopic (exact) mass is 339 g/mol. The molecule has 0 aliphatic carbocycles. The van der Waals surface area contributed by atoms with E-state index in [0.717, 1.165) is 31.5 Å². The van der Waals surface area contributed by atoms with E-state index in [9.17, 15) is 4.79 Å². The van der Waals surface area contributed by atoms with Gasteiger partial charge in [0.25, 0.3) is 0 Å². The molecule has 0 aromatic rings. The van der Waals surface area contributed by atoms with Crippen molar-refractivity contribution in [3.63, 3.8) is 0 Å². The summed E-state index contributed by atoms with van der Waals surface area (Å²) in [6, 6.07) is 0. The number of hydrogen-bond donors (Lipinski definition) is 0. The van der Waals surface area contributed by atoms with E-state index in [4.69, 9.17) is 9.16 Å². The van der Waals surface area contributed by atoms with Crippen molar-refractivity contribution in [3.05, 3.63) is 12.2 Å². The Hall–Kier alpha value is -0.653. The SMILES string of the molecule is C=C1CN2CCC(CO[Si](C)(C)C(C)(C)C)C2(C(=O)OCC)C1. The predicted molar refractivity (Wildman–Crippen MR) is 96.0 cm³/mol. The van der Waals surface area contributed by atoms with Crippen LogP contribution in [0.25, 0.3) is 0 Å². The van der Waals surface area contributed by atoms with E-state index in [-0.39, 0.29) is 16.9 Å². The Kier molecular flexibility index (Phi) is 5.15. The Bertz CT molecular complexity index is 483. The van der Waals surface area contributed by atoms with Crippen molar-refractivity contribution in [2.24, 2.45) is 5.92 Å². The third kappa shape index (κ3) is 3.28. The van der Waals surface area contributed by atoms with Crippen molar-refractivity contribution in [1.82, 2.24) is 4.90 Å². The summed E-state index contributed by atoms with van der Waals surface area (Å²) in [5.41, 5.74) is 0.602. The average molecular weight is 340 g/mol. The van der Waals surface area contributed by atoms with E-state index >= 15 is 0 Å². The number of ether oxygens (including phenoxy) is 1. The molecule has 23 heavy (non-hydrogen) atoms. The summed E-state index contributed by atoms with van der Waals surface area (Å²) in [7, 11) is -1.81. The van der Waals surface area contributed by atoms with Crippen LogP contribution in [-0.4, -0.2) is 51.0 Å². The molecule has 0 aromatic carbocycles. The average Bonchev–Trinajstić information content (AvgIpc) is 2.91. The number of nitrogens with zero attached hydrogens (tertiary/aromatic N) is 1. The molecule has 0 radical (unpaired) electrons. The van der Waals surface area contributed by atoms with Crippen molar-refractivity contribution in [3.8, 4) is 0 Å². The molecule has 0 bridgehead atoms. The number of rotatable bonds is 5. The summed E-state index contributed by atoms with van der Waals surface area (Å²) in [5.74, 6) is 0.120. The first-order chi connectivity index (χ1) is 10.5. The highest BCUT2D eigenvalue weighted by Gasteiger charge is 2.59. The van der Waals surface area contributed by atoms with Gasteiger partial charge < -0.3 is 9.16 Å². The molecule has 0 aromatic heterocycles. The minimum absolute atomic E-state index is 0.0834. The number of carbonyl (C=O) groups is 1. The molecule has 4 nitrogen and oxygen atoms in total. The first kappa shape index (κ1) is 18.7. The van der Waals surface area contributed by atoms with Crippen molar-refractivity contribution in [1.29, 1.82) is 0 Å². The van der Waals surface area contributed by atoms with E-state index in [1.165, 1.54) is 0 Å². The molecule has 2 saturated heterocycles. The van der Waals surface area contributed by atoms with Crippen LogP contribution in [-0.2, 0) is 14.0 Å². The van der Waals surface area contributed by atoms with Gasteiger partial charge in [-0.15, -0.1) is 0 Å². The van der Waals surface area contributed by atoms with E-state index in [1.807, 2.05) is 6.92 Å². The number of fused-ring (bicyclic) bond motifs is 1. The molecule has 2 heterocycles. The largest absolute Gasteiger partial charge is 0.465 e. The van der Waals surface area contributed by atoms with Crippen molar-refractivity contribution < 1.29 is 14.0 Å². The highest BCUT2D eigenvalue weighted by atomic mass is 28.4. The second-order valence-electron chi connectivity index (χ2n) is 8.55. The maximum atomic E-state index is 12.8. The van der Waals surface area contributed by atoms with E-state index in [0.29, 0.717) is 13.2 Å². The van der Waals surface area contributed by atoms with Gasteiger partial charge in [-0.1, -0.05) is 32.9 Å². The van der Waals surface area contributed by atoms with Crippen molar-refractivity contribution >= 4 is 14.3 Å². The standard InChI is InChI=1S/C18H33NO3Si/c1-8-21-16(20)18-11-14(2)12-19(18)10-9-15(18)13-22-23(6,7)17(3,4)5/h15H,2,8-13H2,1,3-7H3. The molecule has 2 atom stereocenters. The lowest BCUT2D eigenvalue weighted by Gasteiger charge is -2.39. The first-order valence-corrected chi connectivity index (χ1v) is 11.7. The zero-order valence-corrected chi connectivity index (χ0v) is 16.7. The number of carbonyl (C=O) groups excluding carboxylic acids is 1.